The van der Waals surface area contributed by atoms with Gasteiger partial charge in [-0.3, -0.25) is 9.59 Å². The number of anilines is 3. The van der Waals surface area contributed by atoms with Crippen molar-refractivity contribution in [2.24, 2.45) is 0 Å². The summed E-state index contributed by atoms with van der Waals surface area (Å²) >= 11 is 6.89. The van der Waals surface area contributed by atoms with E-state index in [2.05, 4.69) is 16.0 Å². The molecule has 3 N–H and O–H groups in total. The second kappa shape index (κ2) is 11.1. The Hall–Kier alpha value is -3.16. The van der Waals surface area contributed by atoms with E-state index in [1.807, 2.05) is 75.4 Å². The lowest BCUT2D eigenvalue weighted by molar-refractivity contribution is -0.115. The molecule has 0 saturated carbocycles. The number of Topliss-reactive ketones (excluding diaryl/α,β-unsaturated/α-hetero) is 1. The number of carbonyl (C=O) groups is 2. The third-order valence-electron chi connectivity index (χ3n) is 5.10. The molecule has 0 bridgehead atoms. The maximum absolute atomic E-state index is 12.6. The highest BCUT2D eigenvalue weighted by atomic mass is 32.2. The maximum Gasteiger partial charge on any atom is 0.237 e. The van der Waals surface area contributed by atoms with Gasteiger partial charge in [-0.25, -0.2) is 0 Å². The number of hydrogen-bond donors (Lipinski definition) is 3. The molecule has 0 fully saturated rings. The fourth-order valence-corrected chi connectivity index (χ4v) is 4.21. The molecule has 0 spiro atoms. The summed E-state index contributed by atoms with van der Waals surface area (Å²) in [5.74, 6) is -0.0266. The van der Waals surface area contributed by atoms with Gasteiger partial charge >= 0.3 is 0 Å². The Balaban J connectivity index is 1.56. The monoisotopic (exact) mass is 477 g/mol. The molecule has 3 rings (SSSR count). The Bertz CT molecular complexity index is 1180. The molecule has 7 heteroatoms. The largest absolute Gasteiger partial charge is 0.332 e. The molecule has 0 heterocycles. The highest BCUT2D eigenvalue weighted by molar-refractivity contribution is 8.00. The highest BCUT2D eigenvalue weighted by Gasteiger charge is 2.15. The van der Waals surface area contributed by atoms with Crippen molar-refractivity contribution in [1.29, 1.82) is 0 Å². The Kier molecular flexibility index (Phi) is 8.25. The Morgan fingerprint density at radius 1 is 0.818 bits per heavy atom. The van der Waals surface area contributed by atoms with E-state index in [1.54, 1.807) is 12.1 Å². The van der Waals surface area contributed by atoms with Crippen LogP contribution in [0.1, 0.15) is 35.3 Å². The van der Waals surface area contributed by atoms with E-state index in [0.717, 1.165) is 27.5 Å². The van der Waals surface area contributed by atoms with Crippen molar-refractivity contribution < 1.29 is 9.59 Å². The van der Waals surface area contributed by atoms with E-state index in [9.17, 15) is 9.59 Å². The average Bonchev–Trinajstić information content (AvgIpc) is 2.76. The average molecular weight is 478 g/mol. The van der Waals surface area contributed by atoms with Gasteiger partial charge in [0.05, 0.1) is 5.25 Å². The van der Waals surface area contributed by atoms with Crippen LogP contribution in [0.25, 0.3) is 0 Å². The molecule has 0 aliphatic rings. The highest BCUT2D eigenvalue weighted by Crippen LogP contribution is 2.27. The van der Waals surface area contributed by atoms with Crippen LogP contribution >= 0.6 is 24.0 Å². The van der Waals surface area contributed by atoms with E-state index in [4.69, 9.17) is 12.2 Å². The van der Waals surface area contributed by atoms with Crippen molar-refractivity contribution in [3.8, 4) is 0 Å². The third-order valence-corrected chi connectivity index (χ3v) is 6.40. The number of carbonyl (C=O) groups excluding carboxylic acids is 2. The zero-order valence-electron chi connectivity index (χ0n) is 19.1. The van der Waals surface area contributed by atoms with Crippen LogP contribution in [0.15, 0.2) is 71.6 Å². The van der Waals surface area contributed by atoms with E-state index in [0.29, 0.717) is 10.7 Å². The number of thioether (sulfide) groups is 1. The van der Waals surface area contributed by atoms with E-state index >= 15 is 0 Å². The summed E-state index contributed by atoms with van der Waals surface area (Å²) in [4.78, 5) is 25.0. The van der Waals surface area contributed by atoms with Crippen molar-refractivity contribution in [1.82, 2.24) is 0 Å². The Labute approximate surface area is 204 Å². The van der Waals surface area contributed by atoms with Crippen LogP contribution in [0.5, 0.6) is 0 Å². The molecule has 5 nitrogen and oxygen atoms in total. The first kappa shape index (κ1) is 24.5. The lowest BCUT2D eigenvalue weighted by Crippen LogP contribution is -2.22. The van der Waals surface area contributed by atoms with E-state index < -0.39 is 0 Å². The lowest BCUT2D eigenvalue weighted by atomic mass is 10.1. The molecule has 3 aromatic rings. The summed E-state index contributed by atoms with van der Waals surface area (Å²) in [6, 6.07) is 20.8. The first-order valence-electron chi connectivity index (χ1n) is 10.5. The zero-order valence-corrected chi connectivity index (χ0v) is 20.7. The molecule has 3 aromatic carbocycles. The predicted octanol–water partition coefficient (Wildman–Crippen LogP) is 6.43. The molecule has 0 aliphatic heterocycles. The number of thiocarbonyl (C=S) groups is 1. The molecule has 1 amide bonds. The molecule has 0 aliphatic carbocycles. The molecular formula is C26H27N3O2S2. The SMILES string of the molecule is CC(=O)c1ccc(NC(=S)Nc2cccc(SC(C)C(=O)Nc3ccc(C)c(C)c3)c2)cc1. The third kappa shape index (κ3) is 7.17. The molecule has 0 saturated heterocycles. The second-order valence-electron chi connectivity index (χ2n) is 7.79. The Morgan fingerprint density at radius 3 is 2.12 bits per heavy atom. The van der Waals surface area contributed by atoms with Crippen molar-refractivity contribution in [2.45, 2.75) is 37.8 Å². The van der Waals surface area contributed by atoms with Crippen molar-refractivity contribution in [2.75, 3.05) is 16.0 Å². The van der Waals surface area contributed by atoms with Crippen LogP contribution in [0.4, 0.5) is 17.1 Å². The summed E-state index contributed by atoms with van der Waals surface area (Å²) in [6.07, 6.45) is 0. The first-order valence-corrected chi connectivity index (χ1v) is 11.8. The van der Waals surface area contributed by atoms with Gasteiger partial charge in [-0.1, -0.05) is 12.1 Å². The van der Waals surface area contributed by atoms with Crippen molar-refractivity contribution >= 4 is 57.8 Å². The van der Waals surface area contributed by atoms with E-state index in [-0.39, 0.29) is 16.9 Å². The number of nitrogens with one attached hydrogen (secondary N) is 3. The number of hydrogen-bond acceptors (Lipinski definition) is 4. The molecular weight excluding hydrogens is 450 g/mol. The maximum atomic E-state index is 12.6. The second-order valence-corrected chi connectivity index (χ2v) is 9.61. The first-order chi connectivity index (χ1) is 15.7. The summed E-state index contributed by atoms with van der Waals surface area (Å²) in [5.41, 5.74) is 5.41. The van der Waals surface area contributed by atoms with E-state index in [1.165, 1.54) is 24.2 Å². The quantitative estimate of drug-likeness (QED) is 0.207. The predicted molar refractivity (Wildman–Crippen MR) is 143 cm³/mol. The van der Waals surface area contributed by atoms with Gasteiger partial charge in [0.1, 0.15) is 0 Å². The van der Waals surface area contributed by atoms with Crippen LogP contribution in [0.2, 0.25) is 0 Å². The van der Waals surface area contributed by atoms with Gasteiger partial charge in [0.2, 0.25) is 5.91 Å². The Morgan fingerprint density at radius 2 is 1.45 bits per heavy atom. The van der Waals surface area contributed by atoms with Gasteiger partial charge in [-0.2, -0.15) is 0 Å². The smallest absolute Gasteiger partial charge is 0.237 e. The standard InChI is InChI=1S/C26H27N3O2S2/c1-16-8-11-23(14-17(16)2)27-25(31)19(4)33-24-7-5-6-22(15-24)29-26(32)28-21-12-9-20(10-13-21)18(3)30/h5-15,19H,1-4H3,(H,27,31)(H2,28,29,32). The van der Waals surface area contributed by atoms with Gasteiger partial charge in [0.15, 0.2) is 10.9 Å². The van der Waals surface area contributed by atoms with Gasteiger partial charge in [-0.05, 0) is 106 Å². The normalized spacial score (nSPS) is 11.4. The molecule has 1 unspecified atom stereocenters. The molecule has 1 atom stereocenters. The molecule has 0 aromatic heterocycles. The summed E-state index contributed by atoms with van der Waals surface area (Å²) in [6.45, 7) is 7.50. The number of aryl methyl sites for hydroxylation is 2. The van der Waals surface area contributed by atoms with Crippen molar-refractivity contribution in [3.05, 3.63) is 83.4 Å². The summed E-state index contributed by atoms with van der Waals surface area (Å²) in [7, 11) is 0. The fourth-order valence-electron chi connectivity index (χ4n) is 3.05. The lowest BCUT2D eigenvalue weighted by Gasteiger charge is -2.15. The topological polar surface area (TPSA) is 70.2 Å². The minimum Gasteiger partial charge on any atom is -0.332 e. The van der Waals surface area contributed by atoms with Gasteiger partial charge < -0.3 is 16.0 Å². The van der Waals surface area contributed by atoms with Crippen LogP contribution in [-0.4, -0.2) is 22.1 Å². The van der Waals surface area contributed by atoms with Crippen LogP contribution in [0, 0.1) is 13.8 Å². The fraction of sp³-hybridized carbons (Fsp3) is 0.192. The zero-order chi connectivity index (χ0) is 24.0. The van der Waals surface area contributed by atoms with Crippen LogP contribution in [0.3, 0.4) is 0 Å². The van der Waals surface area contributed by atoms with Gasteiger partial charge in [0, 0.05) is 27.5 Å². The number of benzene rings is 3. The number of rotatable bonds is 7. The van der Waals surface area contributed by atoms with Crippen LogP contribution in [-0.2, 0) is 4.79 Å². The van der Waals surface area contributed by atoms with Crippen molar-refractivity contribution in [3.63, 3.8) is 0 Å². The van der Waals surface area contributed by atoms with Crippen LogP contribution < -0.4 is 16.0 Å². The molecule has 33 heavy (non-hydrogen) atoms. The summed E-state index contributed by atoms with van der Waals surface area (Å²) < 4.78 is 0. The minimum absolute atomic E-state index is 0.0217. The number of amides is 1. The molecule has 170 valence electrons. The van der Waals surface area contributed by atoms with Gasteiger partial charge in [0.25, 0.3) is 0 Å². The minimum atomic E-state index is -0.272. The summed E-state index contributed by atoms with van der Waals surface area (Å²) in [5, 5.41) is 9.42. The number of ketones is 1. The van der Waals surface area contributed by atoms with Gasteiger partial charge in [-0.15, -0.1) is 11.8 Å². The molecule has 0 radical (unpaired) electrons.